The average Bonchev–Trinajstić information content (AvgIpc) is 2.61. The summed E-state index contributed by atoms with van der Waals surface area (Å²) in [5.41, 5.74) is 2.16. The Bertz CT molecular complexity index is 794. The van der Waals surface area contributed by atoms with Crippen molar-refractivity contribution < 1.29 is 14.3 Å². The largest absolute Gasteiger partial charge is 0.481 e. The van der Waals surface area contributed by atoms with Crippen LogP contribution >= 0.6 is 0 Å². The topological polar surface area (TPSA) is 66.3 Å². The molecule has 1 unspecified atom stereocenters. The van der Waals surface area contributed by atoms with Gasteiger partial charge >= 0.3 is 5.97 Å². The predicted octanol–water partition coefficient (Wildman–Crippen LogP) is 3.45. The summed E-state index contributed by atoms with van der Waals surface area (Å²) in [7, 11) is 0. The Morgan fingerprint density at radius 3 is 2.80 bits per heavy atom. The van der Waals surface area contributed by atoms with Gasteiger partial charge in [-0.05, 0) is 38.3 Å². The molecular formula is C19H22FN3O2. The maximum absolute atomic E-state index is 14.2. The number of anilines is 1. The number of benzene rings is 1. The van der Waals surface area contributed by atoms with Crippen LogP contribution in [0.4, 0.5) is 10.2 Å². The fourth-order valence-electron chi connectivity index (χ4n) is 3.39. The van der Waals surface area contributed by atoms with Crippen LogP contribution in [0.2, 0.25) is 0 Å². The van der Waals surface area contributed by atoms with Gasteiger partial charge in [0.2, 0.25) is 0 Å². The second-order valence-electron chi connectivity index (χ2n) is 6.39. The third kappa shape index (κ3) is 3.48. The molecule has 0 bridgehead atoms. The zero-order valence-electron chi connectivity index (χ0n) is 14.5. The minimum absolute atomic E-state index is 0.347. The first kappa shape index (κ1) is 17.3. The standard InChI is InChI=1S/C19H22FN3O2/c1-3-14-12(2)21-17(15-8-4-5-9-16(15)20)22-18(14)23-10-6-7-13(11-23)19(24)25/h4-5,8-9,13H,3,6-7,10-11H2,1-2H3,(H,24,25). The van der Waals surface area contributed by atoms with E-state index in [9.17, 15) is 14.3 Å². The molecule has 0 amide bonds. The molecule has 1 N–H and O–H groups in total. The molecule has 6 heteroatoms. The van der Waals surface area contributed by atoms with Gasteiger partial charge in [0.05, 0.1) is 11.5 Å². The molecule has 0 radical (unpaired) electrons. The fourth-order valence-corrected chi connectivity index (χ4v) is 3.39. The number of hydrogen-bond donors (Lipinski definition) is 1. The van der Waals surface area contributed by atoms with E-state index in [1.54, 1.807) is 18.2 Å². The van der Waals surface area contributed by atoms with Gasteiger partial charge in [0.25, 0.3) is 0 Å². The normalized spacial score (nSPS) is 17.6. The summed E-state index contributed by atoms with van der Waals surface area (Å²) in [6, 6.07) is 6.44. The molecule has 1 saturated heterocycles. The van der Waals surface area contributed by atoms with E-state index in [0.29, 0.717) is 24.4 Å². The van der Waals surface area contributed by atoms with E-state index in [-0.39, 0.29) is 5.82 Å². The first-order valence-electron chi connectivity index (χ1n) is 8.61. The molecule has 0 aliphatic carbocycles. The maximum atomic E-state index is 14.2. The molecular weight excluding hydrogens is 321 g/mol. The van der Waals surface area contributed by atoms with Crippen molar-refractivity contribution in [2.75, 3.05) is 18.0 Å². The third-order valence-electron chi connectivity index (χ3n) is 4.73. The first-order valence-corrected chi connectivity index (χ1v) is 8.61. The van der Waals surface area contributed by atoms with E-state index in [1.165, 1.54) is 6.07 Å². The quantitative estimate of drug-likeness (QED) is 0.921. The molecule has 3 rings (SSSR count). The summed E-state index contributed by atoms with van der Waals surface area (Å²) in [5, 5.41) is 9.34. The lowest BCUT2D eigenvalue weighted by molar-refractivity contribution is -0.141. The Morgan fingerprint density at radius 1 is 1.36 bits per heavy atom. The molecule has 25 heavy (non-hydrogen) atoms. The molecule has 5 nitrogen and oxygen atoms in total. The lowest BCUT2D eigenvalue weighted by Crippen LogP contribution is -2.39. The van der Waals surface area contributed by atoms with Crippen LogP contribution in [0.5, 0.6) is 0 Å². The predicted molar refractivity (Wildman–Crippen MR) is 94.1 cm³/mol. The van der Waals surface area contributed by atoms with Crippen LogP contribution in [0.15, 0.2) is 24.3 Å². The van der Waals surface area contributed by atoms with Crippen molar-refractivity contribution in [2.24, 2.45) is 5.92 Å². The number of carboxylic acids is 1. The van der Waals surface area contributed by atoms with Crippen LogP contribution in [-0.2, 0) is 11.2 Å². The van der Waals surface area contributed by atoms with Gasteiger partial charge in [-0.2, -0.15) is 0 Å². The van der Waals surface area contributed by atoms with Crippen molar-refractivity contribution in [2.45, 2.75) is 33.1 Å². The number of aryl methyl sites for hydroxylation is 1. The number of halogens is 1. The Hall–Kier alpha value is -2.50. The van der Waals surface area contributed by atoms with Crippen molar-refractivity contribution >= 4 is 11.8 Å². The van der Waals surface area contributed by atoms with Crippen LogP contribution < -0.4 is 4.90 Å². The van der Waals surface area contributed by atoms with Crippen molar-refractivity contribution in [1.29, 1.82) is 0 Å². The van der Waals surface area contributed by atoms with Gasteiger partial charge < -0.3 is 10.0 Å². The second-order valence-corrected chi connectivity index (χ2v) is 6.39. The molecule has 0 spiro atoms. The third-order valence-corrected chi connectivity index (χ3v) is 4.73. The molecule has 1 fully saturated rings. The van der Waals surface area contributed by atoms with E-state index in [4.69, 9.17) is 0 Å². The number of aliphatic carboxylic acids is 1. The summed E-state index contributed by atoms with van der Waals surface area (Å²) >= 11 is 0. The Morgan fingerprint density at radius 2 is 2.12 bits per heavy atom. The fraction of sp³-hybridized carbons (Fsp3) is 0.421. The van der Waals surface area contributed by atoms with Gasteiger partial charge in [-0.1, -0.05) is 19.1 Å². The Labute approximate surface area is 146 Å². The van der Waals surface area contributed by atoms with E-state index in [2.05, 4.69) is 9.97 Å². The minimum Gasteiger partial charge on any atom is -0.481 e. The highest BCUT2D eigenvalue weighted by Gasteiger charge is 2.28. The van der Waals surface area contributed by atoms with E-state index < -0.39 is 11.9 Å². The molecule has 1 aliphatic rings. The second kappa shape index (κ2) is 7.17. The Kier molecular flexibility index (Phi) is 4.97. The monoisotopic (exact) mass is 343 g/mol. The Balaban J connectivity index is 2.06. The summed E-state index contributed by atoms with van der Waals surface area (Å²) < 4.78 is 14.2. The van der Waals surface area contributed by atoms with Crippen molar-refractivity contribution in [3.05, 3.63) is 41.3 Å². The summed E-state index contributed by atoms with van der Waals surface area (Å²) in [6.45, 7) is 5.10. The zero-order valence-corrected chi connectivity index (χ0v) is 14.5. The number of hydrogen-bond acceptors (Lipinski definition) is 4. The number of carboxylic acid groups (broad SMARTS) is 1. The minimum atomic E-state index is -0.775. The van der Waals surface area contributed by atoms with Crippen LogP contribution in [0.1, 0.15) is 31.0 Å². The first-order chi connectivity index (χ1) is 12.0. The molecule has 2 aromatic rings. The summed E-state index contributed by atoms with van der Waals surface area (Å²) in [4.78, 5) is 22.5. The van der Waals surface area contributed by atoms with E-state index >= 15 is 0 Å². The summed E-state index contributed by atoms with van der Waals surface area (Å²) in [6.07, 6.45) is 2.22. The van der Waals surface area contributed by atoms with Crippen molar-refractivity contribution in [3.8, 4) is 11.4 Å². The highest BCUT2D eigenvalue weighted by molar-refractivity contribution is 5.71. The highest BCUT2D eigenvalue weighted by atomic mass is 19.1. The van der Waals surface area contributed by atoms with Gasteiger partial charge in [-0.3, -0.25) is 4.79 Å². The van der Waals surface area contributed by atoms with E-state index in [1.807, 2.05) is 18.7 Å². The number of nitrogens with zero attached hydrogens (tertiary/aromatic N) is 3. The zero-order chi connectivity index (χ0) is 18.0. The van der Waals surface area contributed by atoms with Crippen LogP contribution in [0.3, 0.4) is 0 Å². The number of piperidine rings is 1. The number of aromatic nitrogens is 2. The molecule has 2 heterocycles. The molecule has 1 aromatic heterocycles. The summed E-state index contributed by atoms with van der Waals surface area (Å²) in [5.74, 6) is -0.452. The molecule has 1 aromatic carbocycles. The van der Waals surface area contributed by atoms with Gasteiger partial charge in [0.15, 0.2) is 5.82 Å². The molecule has 0 saturated carbocycles. The number of rotatable bonds is 4. The van der Waals surface area contributed by atoms with Crippen molar-refractivity contribution in [3.63, 3.8) is 0 Å². The van der Waals surface area contributed by atoms with Gasteiger partial charge in [-0.25, -0.2) is 14.4 Å². The van der Waals surface area contributed by atoms with Gasteiger partial charge in [0.1, 0.15) is 11.6 Å². The lowest BCUT2D eigenvalue weighted by Gasteiger charge is -2.33. The van der Waals surface area contributed by atoms with E-state index in [0.717, 1.165) is 36.5 Å². The molecule has 132 valence electrons. The van der Waals surface area contributed by atoms with Gasteiger partial charge in [0, 0.05) is 24.3 Å². The molecule has 1 aliphatic heterocycles. The van der Waals surface area contributed by atoms with Crippen molar-refractivity contribution in [1.82, 2.24) is 9.97 Å². The van der Waals surface area contributed by atoms with Crippen LogP contribution in [0.25, 0.3) is 11.4 Å². The highest BCUT2D eigenvalue weighted by Crippen LogP contribution is 2.30. The number of carbonyl (C=O) groups is 1. The van der Waals surface area contributed by atoms with Gasteiger partial charge in [-0.15, -0.1) is 0 Å². The SMILES string of the molecule is CCc1c(C)nc(-c2ccccc2F)nc1N1CCCC(C(=O)O)C1. The van der Waals surface area contributed by atoms with Crippen LogP contribution in [0, 0.1) is 18.7 Å². The molecule has 1 atom stereocenters. The lowest BCUT2D eigenvalue weighted by atomic mass is 9.97. The smallest absolute Gasteiger partial charge is 0.308 e. The maximum Gasteiger partial charge on any atom is 0.308 e. The average molecular weight is 343 g/mol. The van der Waals surface area contributed by atoms with Crippen LogP contribution in [-0.4, -0.2) is 34.1 Å².